The Kier molecular flexibility index (Phi) is 2.93. The Balaban J connectivity index is 2.61. The van der Waals surface area contributed by atoms with Crippen molar-refractivity contribution in [1.29, 1.82) is 0 Å². The van der Waals surface area contributed by atoms with Gasteiger partial charge in [0.1, 0.15) is 0 Å². The molecule has 60 valence electrons. The lowest BCUT2D eigenvalue weighted by Gasteiger charge is -2.14. The van der Waals surface area contributed by atoms with Gasteiger partial charge in [-0.2, -0.15) is 0 Å². The van der Waals surface area contributed by atoms with E-state index >= 15 is 0 Å². The van der Waals surface area contributed by atoms with Crippen LogP contribution in [0.1, 0.15) is 13.3 Å². The third kappa shape index (κ3) is 2.24. The van der Waals surface area contributed by atoms with E-state index < -0.39 is 0 Å². The SMILES string of the molecule is CCCN(O)c1ccccc1. The Morgan fingerprint density at radius 3 is 2.45 bits per heavy atom. The van der Waals surface area contributed by atoms with E-state index in [9.17, 15) is 5.21 Å². The minimum atomic E-state index is 0.685. The zero-order valence-corrected chi connectivity index (χ0v) is 6.70. The zero-order chi connectivity index (χ0) is 8.10. The second-order valence-electron chi connectivity index (χ2n) is 2.46. The summed E-state index contributed by atoms with van der Waals surface area (Å²) in [5.41, 5.74) is 0.856. The Morgan fingerprint density at radius 2 is 1.91 bits per heavy atom. The third-order valence-electron chi connectivity index (χ3n) is 1.49. The molecule has 1 N–H and O–H groups in total. The van der Waals surface area contributed by atoms with Crippen LogP contribution in [0.15, 0.2) is 30.3 Å². The van der Waals surface area contributed by atoms with Crippen molar-refractivity contribution in [3.05, 3.63) is 30.3 Å². The molecule has 0 bridgehead atoms. The minimum Gasteiger partial charge on any atom is -0.288 e. The van der Waals surface area contributed by atoms with E-state index in [1.54, 1.807) is 0 Å². The largest absolute Gasteiger partial charge is 0.288 e. The summed E-state index contributed by atoms with van der Waals surface area (Å²) in [4.78, 5) is 0. The molecule has 0 fully saturated rings. The van der Waals surface area contributed by atoms with E-state index in [-0.39, 0.29) is 0 Å². The van der Waals surface area contributed by atoms with Crippen molar-refractivity contribution in [2.24, 2.45) is 0 Å². The topological polar surface area (TPSA) is 23.5 Å². The highest BCUT2D eigenvalue weighted by molar-refractivity contribution is 5.42. The van der Waals surface area contributed by atoms with Crippen molar-refractivity contribution in [1.82, 2.24) is 0 Å². The molecule has 0 radical (unpaired) electrons. The molecule has 1 aromatic carbocycles. The molecule has 0 unspecified atom stereocenters. The average molecular weight is 151 g/mol. The Bertz CT molecular complexity index is 198. The van der Waals surface area contributed by atoms with E-state index in [0.29, 0.717) is 6.54 Å². The number of benzene rings is 1. The van der Waals surface area contributed by atoms with Gasteiger partial charge in [0.2, 0.25) is 0 Å². The Morgan fingerprint density at radius 1 is 1.27 bits per heavy atom. The predicted octanol–water partition coefficient (Wildman–Crippen LogP) is 2.29. The predicted molar refractivity (Wildman–Crippen MR) is 45.9 cm³/mol. The first-order valence-electron chi connectivity index (χ1n) is 3.86. The number of rotatable bonds is 3. The second kappa shape index (κ2) is 3.98. The fourth-order valence-corrected chi connectivity index (χ4v) is 0.941. The van der Waals surface area contributed by atoms with Gasteiger partial charge < -0.3 is 0 Å². The summed E-state index contributed by atoms with van der Waals surface area (Å²) >= 11 is 0. The number of nitrogens with zero attached hydrogens (tertiary/aromatic N) is 1. The van der Waals surface area contributed by atoms with Crippen LogP contribution in [-0.2, 0) is 0 Å². The minimum absolute atomic E-state index is 0.685. The Labute approximate surface area is 67.0 Å². The van der Waals surface area contributed by atoms with Crippen LogP contribution < -0.4 is 5.06 Å². The maximum Gasteiger partial charge on any atom is 0.0634 e. The smallest absolute Gasteiger partial charge is 0.0634 e. The number of hydrogen-bond acceptors (Lipinski definition) is 2. The molecular weight excluding hydrogens is 138 g/mol. The quantitative estimate of drug-likeness (QED) is 0.670. The summed E-state index contributed by atoms with van der Waals surface area (Å²) in [7, 11) is 0. The van der Waals surface area contributed by atoms with Crippen molar-refractivity contribution in [3.8, 4) is 0 Å². The van der Waals surface area contributed by atoms with Gasteiger partial charge in [-0.3, -0.25) is 10.3 Å². The molecule has 0 aliphatic heterocycles. The van der Waals surface area contributed by atoms with Crippen molar-refractivity contribution < 1.29 is 5.21 Å². The van der Waals surface area contributed by atoms with Crippen LogP contribution in [0.25, 0.3) is 0 Å². The third-order valence-corrected chi connectivity index (χ3v) is 1.49. The van der Waals surface area contributed by atoms with Gasteiger partial charge in [0.05, 0.1) is 5.69 Å². The highest BCUT2D eigenvalue weighted by Gasteiger charge is 1.97. The molecule has 0 aliphatic rings. The van der Waals surface area contributed by atoms with Crippen LogP contribution in [0, 0.1) is 0 Å². The van der Waals surface area contributed by atoms with Crippen LogP contribution in [0.2, 0.25) is 0 Å². The number of anilines is 1. The fourth-order valence-electron chi connectivity index (χ4n) is 0.941. The first-order valence-corrected chi connectivity index (χ1v) is 3.86. The van der Waals surface area contributed by atoms with Gasteiger partial charge in [0.15, 0.2) is 0 Å². The number of hydroxylamine groups is 1. The molecule has 1 aromatic rings. The van der Waals surface area contributed by atoms with Crippen LogP contribution in [0.4, 0.5) is 5.69 Å². The number of hydrogen-bond donors (Lipinski definition) is 1. The lowest BCUT2D eigenvalue weighted by atomic mass is 10.3. The van der Waals surface area contributed by atoms with Crippen LogP contribution in [-0.4, -0.2) is 11.8 Å². The first kappa shape index (κ1) is 8.08. The zero-order valence-electron chi connectivity index (χ0n) is 6.70. The Hall–Kier alpha value is -1.02. The molecule has 0 amide bonds. The summed E-state index contributed by atoms with van der Waals surface area (Å²) in [5, 5.41) is 10.6. The van der Waals surface area contributed by atoms with Gasteiger partial charge in [-0.25, -0.2) is 0 Å². The summed E-state index contributed by atoms with van der Waals surface area (Å²) < 4.78 is 0. The van der Waals surface area contributed by atoms with E-state index in [1.807, 2.05) is 37.3 Å². The van der Waals surface area contributed by atoms with Crippen molar-refractivity contribution in [3.63, 3.8) is 0 Å². The van der Waals surface area contributed by atoms with Crippen molar-refractivity contribution >= 4 is 5.69 Å². The van der Waals surface area contributed by atoms with Gasteiger partial charge in [-0.15, -0.1) is 0 Å². The maximum atomic E-state index is 9.35. The molecule has 0 aromatic heterocycles. The van der Waals surface area contributed by atoms with Gasteiger partial charge in [-0.1, -0.05) is 25.1 Å². The molecule has 0 spiro atoms. The van der Waals surface area contributed by atoms with E-state index in [0.717, 1.165) is 12.1 Å². The molecule has 2 nitrogen and oxygen atoms in total. The molecular formula is C9H13NO. The standard InChI is InChI=1S/C9H13NO/c1-2-8-10(11)9-6-4-3-5-7-9/h3-7,11H,2,8H2,1H3. The molecule has 1 rings (SSSR count). The average Bonchev–Trinajstić information content (AvgIpc) is 2.07. The van der Waals surface area contributed by atoms with Gasteiger partial charge in [0.25, 0.3) is 0 Å². The molecule has 0 heterocycles. The molecule has 11 heavy (non-hydrogen) atoms. The number of para-hydroxylation sites is 1. The van der Waals surface area contributed by atoms with Gasteiger partial charge in [-0.05, 0) is 18.6 Å². The second-order valence-corrected chi connectivity index (χ2v) is 2.46. The molecule has 0 saturated heterocycles. The van der Waals surface area contributed by atoms with E-state index in [2.05, 4.69) is 0 Å². The van der Waals surface area contributed by atoms with Crippen molar-refractivity contribution in [2.75, 3.05) is 11.6 Å². The van der Waals surface area contributed by atoms with Crippen molar-refractivity contribution in [2.45, 2.75) is 13.3 Å². The summed E-state index contributed by atoms with van der Waals surface area (Å²) in [6.45, 7) is 2.72. The van der Waals surface area contributed by atoms with E-state index in [1.165, 1.54) is 5.06 Å². The summed E-state index contributed by atoms with van der Waals surface area (Å²) in [5.74, 6) is 0. The monoisotopic (exact) mass is 151 g/mol. The molecule has 0 saturated carbocycles. The summed E-state index contributed by atoms with van der Waals surface area (Å²) in [6, 6.07) is 9.52. The summed E-state index contributed by atoms with van der Waals surface area (Å²) in [6.07, 6.45) is 0.950. The fraction of sp³-hybridized carbons (Fsp3) is 0.333. The lowest BCUT2D eigenvalue weighted by molar-refractivity contribution is 0.254. The normalized spacial score (nSPS) is 9.64. The molecule has 0 atom stereocenters. The van der Waals surface area contributed by atoms with Crippen LogP contribution >= 0.6 is 0 Å². The van der Waals surface area contributed by atoms with Crippen LogP contribution in [0.5, 0.6) is 0 Å². The molecule has 0 aliphatic carbocycles. The van der Waals surface area contributed by atoms with Crippen LogP contribution in [0.3, 0.4) is 0 Å². The van der Waals surface area contributed by atoms with Gasteiger partial charge >= 0.3 is 0 Å². The maximum absolute atomic E-state index is 9.35. The molecule has 2 heteroatoms. The highest BCUT2D eigenvalue weighted by atomic mass is 16.5. The highest BCUT2D eigenvalue weighted by Crippen LogP contribution is 2.10. The lowest BCUT2D eigenvalue weighted by Crippen LogP contribution is -2.18. The van der Waals surface area contributed by atoms with E-state index in [4.69, 9.17) is 0 Å². The van der Waals surface area contributed by atoms with Gasteiger partial charge in [0, 0.05) is 6.54 Å². The first-order chi connectivity index (χ1) is 5.34.